The highest BCUT2D eigenvalue weighted by atomic mass is 16.5. The largest absolute Gasteiger partial charge is 0.493 e. The highest BCUT2D eigenvalue weighted by molar-refractivity contribution is 5.78. The molecule has 1 aliphatic heterocycles. The summed E-state index contributed by atoms with van der Waals surface area (Å²) in [6.45, 7) is 6.01. The fourth-order valence-corrected chi connectivity index (χ4v) is 2.96. The molecule has 5 heteroatoms. The Hall–Kier alpha value is -2.01. The Labute approximate surface area is 138 Å². The van der Waals surface area contributed by atoms with Gasteiger partial charge in [0.1, 0.15) is 0 Å². The minimum absolute atomic E-state index is 0.230. The maximum absolute atomic E-state index is 12.2. The number of nitrogens with one attached hydrogen (secondary N) is 1. The van der Waals surface area contributed by atoms with E-state index in [0.29, 0.717) is 30.5 Å². The number of nitrogens with zero attached hydrogens (tertiary/aromatic N) is 1. The van der Waals surface area contributed by atoms with Crippen LogP contribution in [0.3, 0.4) is 0 Å². The Bertz CT molecular complexity index is 545. The number of rotatable bonds is 9. The first-order valence-corrected chi connectivity index (χ1v) is 8.01. The lowest BCUT2D eigenvalue weighted by Gasteiger charge is -2.25. The van der Waals surface area contributed by atoms with E-state index in [9.17, 15) is 4.79 Å². The Balaban J connectivity index is 2.01. The molecule has 0 radical (unpaired) electrons. The Morgan fingerprint density at radius 1 is 1.35 bits per heavy atom. The van der Waals surface area contributed by atoms with Gasteiger partial charge in [-0.2, -0.15) is 0 Å². The quantitative estimate of drug-likeness (QED) is 0.561. The van der Waals surface area contributed by atoms with Crippen LogP contribution in [0.2, 0.25) is 0 Å². The van der Waals surface area contributed by atoms with Crippen molar-refractivity contribution in [1.82, 2.24) is 10.2 Å². The number of carbonyl (C=O) groups excluding carboxylic acids is 1. The zero-order valence-corrected chi connectivity index (χ0v) is 14.0. The van der Waals surface area contributed by atoms with Crippen molar-refractivity contribution in [3.63, 3.8) is 0 Å². The molecule has 1 aliphatic rings. The molecule has 2 rings (SSSR count). The summed E-state index contributed by atoms with van der Waals surface area (Å²) in [6.07, 6.45) is 4.38. The molecule has 1 amide bonds. The van der Waals surface area contributed by atoms with Crippen LogP contribution in [-0.2, 0) is 11.3 Å². The number of ether oxygens (including phenoxy) is 2. The van der Waals surface area contributed by atoms with Crippen LogP contribution >= 0.6 is 0 Å². The second kappa shape index (κ2) is 8.58. The minimum Gasteiger partial charge on any atom is -0.493 e. The highest BCUT2D eigenvalue weighted by Gasteiger charge is 2.30. The van der Waals surface area contributed by atoms with E-state index >= 15 is 0 Å². The maximum Gasteiger partial charge on any atom is 0.223 e. The number of hydrogen-bond acceptors (Lipinski definition) is 4. The molecule has 1 aromatic rings. The lowest BCUT2D eigenvalue weighted by molar-refractivity contribution is -0.129. The molecule has 1 saturated heterocycles. The van der Waals surface area contributed by atoms with Crippen LogP contribution in [0.5, 0.6) is 11.5 Å². The first kappa shape index (κ1) is 17.3. The second-order valence-electron chi connectivity index (χ2n) is 5.68. The Morgan fingerprint density at radius 3 is 2.83 bits per heavy atom. The van der Waals surface area contributed by atoms with Gasteiger partial charge in [0, 0.05) is 25.6 Å². The Morgan fingerprint density at radius 2 is 2.13 bits per heavy atom. The van der Waals surface area contributed by atoms with Crippen molar-refractivity contribution >= 4 is 5.91 Å². The summed E-state index contributed by atoms with van der Waals surface area (Å²) in [5.41, 5.74) is 1.06. The molecule has 1 heterocycles. The number of likely N-dealkylation sites (tertiary alicyclic amines) is 1. The standard InChI is InChI=1S/C18H26N2O3/c1-4-10-19-11-9-15-6-8-18(21)20(15)13-14-5-7-16(22-2)17(12-14)23-3/h4-5,7,12,15,19H,1,6,8-11,13H2,2-3H3/t15-/m0/s1. The molecule has 1 fully saturated rings. The van der Waals surface area contributed by atoms with Gasteiger partial charge >= 0.3 is 0 Å². The van der Waals surface area contributed by atoms with E-state index < -0.39 is 0 Å². The van der Waals surface area contributed by atoms with Crippen molar-refractivity contribution in [2.75, 3.05) is 27.3 Å². The van der Waals surface area contributed by atoms with Gasteiger partial charge in [0.25, 0.3) is 0 Å². The van der Waals surface area contributed by atoms with Gasteiger partial charge in [0.05, 0.1) is 14.2 Å². The molecule has 23 heavy (non-hydrogen) atoms. The van der Waals surface area contributed by atoms with E-state index in [4.69, 9.17) is 9.47 Å². The number of amides is 1. The van der Waals surface area contributed by atoms with Gasteiger partial charge in [0.15, 0.2) is 11.5 Å². The van der Waals surface area contributed by atoms with Crippen molar-refractivity contribution in [2.45, 2.75) is 31.8 Å². The summed E-state index contributed by atoms with van der Waals surface area (Å²) >= 11 is 0. The van der Waals surface area contributed by atoms with Gasteiger partial charge < -0.3 is 19.7 Å². The molecule has 1 N–H and O–H groups in total. The second-order valence-corrected chi connectivity index (χ2v) is 5.68. The van der Waals surface area contributed by atoms with Gasteiger partial charge in [-0.05, 0) is 37.1 Å². The molecule has 0 spiro atoms. The topological polar surface area (TPSA) is 50.8 Å². The molecule has 0 unspecified atom stereocenters. The van der Waals surface area contributed by atoms with Gasteiger partial charge in [-0.3, -0.25) is 4.79 Å². The van der Waals surface area contributed by atoms with Crippen molar-refractivity contribution in [2.24, 2.45) is 0 Å². The summed E-state index contributed by atoms with van der Waals surface area (Å²) in [5, 5.41) is 3.30. The average Bonchev–Trinajstić information content (AvgIpc) is 2.92. The molecule has 1 atom stereocenters. The van der Waals surface area contributed by atoms with Crippen molar-refractivity contribution in [1.29, 1.82) is 0 Å². The first-order chi connectivity index (χ1) is 11.2. The summed E-state index contributed by atoms with van der Waals surface area (Å²) in [4.78, 5) is 14.2. The predicted molar refractivity (Wildman–Crippen MR) is 90.8 cm³/mol. The van der Waals surface area contributed by atoms with Gasteiger partial charge in [-0.25, -0.2) is 0 Å². The summed E-state index contributed by atoms with van der Waals surface area (Å²) in [5.74, 6) is 1.63. The zero-order chi connectivity index (χ0) is 16.7. The smallest absolute Gasteiger partial charge is 0.223 e. The average molecular weight is 318 g/mol. The zero-order valence-electron chi connectivity index (χ0n) is 14.0. The molecule has 0 aliphatic carbocycles. The van der Waals surface area contributed by atoms with E-state index in [1.54, 1.807) is 14.2 Å². The van der Waals surface area contributed by atoms with Crippen LogP contribution in [0, 0.1) is 0 Å². The maximum atomic E-state index is 12.2. The van der Waals surface area contributed by atoms with E-state index in [1.807, 2.05) is 29.2 Å². The van der Waals surface area contributed by atoms with E-state index in [1.165, 1.54) is 0 Å². The van der Waals surface area contributed by atoms with Crippen LogP contribution < -0.4 is 14.8 Å². The van der Waals surface area contributed by atoms with Gasteiger partial charge in [-0.1, -0.05) is 12.1 Å². The SMILES string of the molecule is C=CCNCC[C@@H]1CCC(=O)N1Cc1ccc(OC)c(OC)c1. The minimum atomic E-state index is 0.230. The number of methoxy groups -OCH3 is 2. The van der Waals surface area contributed by atoms with Crippen molar-refractivity contribution in [3.05, 3.63) is 36.4 Å². The molecule has 126 valence electrons. The number of hydrogen-bond donors (Lipinski definition) is 1. The molecule has 5 nitrogen and oxygen atoms in total. The summed E-state index contributed by atoms with van der Waals surface area (Å²) < 4.78 is 10.6. The van der Waals surface area contributed by atoms with Crippen molar-refractivity contribution in [3.8, 4) is 11.5 Å². The van der Waals surface area contributed by atoms with Crippen LogP contribution in [0.1, 0.15) is 24.8 Å². The lowest BCUT2D eigenvalue weighted by Crippen LogP contribution is -2.34. The molecule has 1 aromatic carbocycles. The third-order valence-corrected chi connectivity index (χ3v) is 4.20. The molecule has 0 saturated carbocycles. The number of benzene rings is 1. The third kappa shape index (κ3) is 4.48. The normalized spacial score (nSPS) is 17.4. The molecular formula is C18H26N2O3. The van der Waals surface area contributed by atoms with E-state index in [-0.39, 0.29) is 5.91 Å². The van der Waals surface area contributed by atoms with Crippen molar-refractivity contribution < 1.29 is 14.3 Å². The fourth-order valence-electron chi connectivity index (χ4n) is 2.96. The lowest BCUT2D eigenvalue weighted by atomic mass is 10.1. The Kier molecular flexibility index (Phi) is 6.47. The first-order valence-electron chi connectivity index (χ1n) is 8.01. The fraction of sp³-hybridized carbons (Fsp3) is 0.500. The van der Waals surface area contributed by atoms with E-state index in [0.717, 1.165) is 31.5 Å². The monoisotopic (exact) mass is 318 g/mol. The highest BCUT2D eigenvalue weighted by Crippen LogP contribution is 2.30. The van der Waals surface area contributed by atoms with Crippen LogP contribution in [0.25, 0.3) is 0 Å². The van der Waals surface area contributed by atoms with Gasteiger partial charge in [0.2, 0.25) is 5.91 Å². The van der Waals surface area contributed by atoms with Crippen LogP contribution in [0.15, 0.2) is 30.9 Å². The summed E-state index contributed by atoms with van der Waals surface area (Å²) in [7, 11) is 3.24. The molecule has 0 aromatic heterocycles. The summed E-state index contributed by atoms with van der Waals surface area (Å²) in [6, 6.07) is 6.11. The predicted octanol–water partition coefficient (Wildman–Crippen LogP) is 2.36. The molecule has 0 bridgehead atoms. The van der Waals surface area contributed by atoms with E-state index in [2.05, 4.69) is 11.9 Å². The van der Waals surface area contributed by atoms with Gasteiger partial charge in [-0.15, -0.1) is 6.58 Å². The van der Waals surface area contributed by atoms with Crippen LogP contribution in [0.4, 0.5) is 0 Å². The van der Waals surface area contributed by atoms with Crippen LogP contribution in [-0.4, -0.2) is 44.2 Å². The third-order valence-electron chi connectivity index (χ3n) is 4.20. The number of carbonyl (C=O) groups is 1. The molecular weight excluding hydrogens is 292 g/mol.